The molecular weight excluding hydrogens is 564 g/mol. The van der Waals surface area contributed by atoms with E-state index in [1.165, 1.54) is 4.90 Å². The maximum atomic E-state index is 14.5. The van der Waals surface area contributed by atoms with Crippen molar-refractivity contribution < 1.29 is 33.7 Å². The molecule has 0 aromatic heterocycles. The van der Waals surface area contributed by atoms with E-state index in [0.717, 1.165) is 13.1 Å². The second-order valence-electron chi connectivity index (χ2n) is 12.3. The monoisotopic (exact) mass is 606 g/mol. The van der Waals surface area contributed by atoms with E-state index in [4.69, 9.17) is 14.2 Å². The molecule has 4 saturated heterocycles. The highest BCUT2D eigenvalue weighted by molar-refractivity contribution is 6.02. The zero-order chi connectivity index (χ0) is 30.9. The minimum atomic E-state index is -1.20. The molecule has 236 valence electrons. The van der Waals surface area contributed by atoms with E-state index >= 15 is 0 Å². The van der Waals surface area contributed by atoms with E-state index in [0.29, 0.717) is 62.8 Å². The number of hydrogen-bond acceptors (Lipinski definition) is 8. The number of fused-ring (bicyclic) bond motifs is 1. The Labute approximate surface area is 257 Å². The minimum Gasteiger partial charge on any atom is -0.494 e. The molecule has 2 aromatic carbocycles. The van der Waals surface area contributed by atoms with Gasteiger partial charge in [0.15, 0.2) is 0 Å². The summed E-state index contributed by atoms with van der Waals surface area (Å²) in [5, 5.41) is 16.7. The van der Waals surface area contributed by atoms with E-state index in [1.807, 2.05) is 44.2 Å². The molecule has 0 aliphatic carbocycles. The van der Waals surface area contributed by atoms with Crippen LogP contribution >= 0.6 is 0 Å². The number of amides is 3. The standard InChI is InChI=1S/C33H42N4O7/c1-3-43-24-11-9-23(10-12-24)35-29(39)26-27-31(41)37(25(21-38)22-7-5-4-6-8-22)28(33(27)14-13-32(26,2)44-33)30(40)34-15-16-36-17-19-42-20-18-36/h4-12,25-28,38H,3,13-21H2,1-2H3,(H,34,40)(H,35,39)/t25-,26-,27+,28?,32+,33?/m1/s1. The Morgan fingerprint density at radius 3 is 2.48 bits per heavy atom. The number of ether oxygens (including phenoxy) is 3. The molecule has 3 N–H and O–H groups in total. The molecule has 4 heterocycles. The number of aliphatic hydroxyl groups excluding tert-OH is 1. The highest BCUT2D eigenvalue weighted by Gasteiger charge is 2.78. The van der Waals surface area contributed by atoms with Crippen LogP contribution in [0.1, 0.15) is 38.3 Å². The lowest BCUT2D eigenvalue weighted by Gasteiger charge is -2.37. The van der Waals surface area contributed by atoms with Crippen LogP contribution in [0.2, 0.25) is 0 Å². The number of hydrogen-bond donors (Lipinski definition) is 3. The Bertz CT molecular complexity index is 1350. The molecule has 3 amide bonds. The number of nitrogens with one attached hydrogen (secondary N) is 2. The van der Waals surface area contributed by atoms with Crippen LogP contribution < -0.4 is 15.4 Å². The third-order valence-corrected chi connectivity index (χ3v) is 9.70. The van der Waals surface area contributed by atoms with Gasteiger partial charge in [-0.1, -0.05) is 30.3 Å². The summed E-state index contributed by atoms with van der Waals surface area (Å²) in [5.74, 6) is -2.02. The highest BCUT2D eigenvalue weighted by atomic mass is 16.5. The van der Waals surface area contributed by atoms with Gasteiger partial charge in [0, 0.05) is 31.9 Å². The number of morpholine rings is 1. The van der Waals surface area contributed by atoms with Crippen molar-refractivity contribution in [2.75, 3.05) is 57.9 Å². The van der Waals surface area contributed by atoms with Crippen LogP contribution in [0.25, 0.3) is 0 Å². The van der Waals surface area contributed by atoms with Crippen molar-refractivity contribution in [3.8, 4) is 5.75 Å². The van der Waals surface area contributed by atoms with E-state index in [-0.39, 0.29) is 24.3 Å². The number of carbonyl (C=O) groups excluding carboxylic acids is 3. The Kier molecular flexibility index (Phi) is 8.65. The van der Waals surface area contributed by atoms with Gasteiger partial charge in [-0.15, -0.1) is 0 Å². The first kappa shape index (κ1) is 30.5. The summed E-state index contributed by atoms with van der Waals surface area (Å²) < 4.78 is 17.7. The molecule has 2 bridgehead atoms. The summed E-state index contributed by atoms with van der Waals surface area (Å²) in [4.78, 5) is 46.4. The summed E-state index contributed by atoms with van der Waals surface area (Å²) in [6.45, 7) is 7.88. The quantitative estimate of drug-likeness (QED) is 0.354. The molecule has 6 rings (SSSR count). The molecule has 11 heteroatoms. The molecule has 2 unspecified atom stereocenters. The van der Waals surface area contributed by atoms with Crippen molar-refractivity contribution in [3.63, 3.8) is 0 Å². The van der Waals surface area contributed by atoms with Crippen molar-refractivity contribution in [2.45, 2.75) is 50.0 Å². The third kappa shape index (κ3) is 5.36. The first-order valence-corrected chi connectivity index (χ1v) is 15.6. The van der Waals surface area contributed by atoms with Gasteiger partial charge in [-0.3, -0.25) is 19.3 Å². The molecule has 11 nitrogen and oxygen atoms in total. The molecule has 1 spiro atoms. The van der Waals surface area contributed by atoms with E-state index < -0.39 is 35.1 Å². The van der Waals surface area contributed by atoms with Gasteiger partial charge in [0.25, 0.3) is 0 Å². The normalized spacial score (nSPS) is 30.2. The summed E-state index contributed by atoms with van der Waals surface area (Å²) in [5.41, 5.74) is -0.828. The van der Waals surface area contributed by atoms with Crippen LogP contribution in [0, 0.1) is 11.8 Å². The fraction of sp³-hybridized carbons (Fsp3) is 0.545. The van der Waals surface area contributed by atoms with Gasteiger partial charge in [-0.25, -0.2) is 0 Å². The van der Waals surface area contributed by atoms with Crippen molar-refractivity contribution >= 4 is 23.4 Å². The minimum absolute atomic E-state index is 0.329. The summed E-state index contributed by atoms with van der Waals surface area (Å²) in [7, 11) is 0. The van der Waals surface area contributed by atoms with Gasteiger partial charge in [0.05, 0.1) is 49.9 Å². The maximum absolute atomic E-state index is 14.5. The Hall–Kier alpha value is -3.51. The summed E-state index contributed by atoms with van der Waals surface area (Å²) >= 11 is 0. The van der Waals surface area contributed by atoms with Gasteiger partial charge < -0.3 is 34.9 Å². The average Bonchev–Trinajstić information content (AvgIpc) is 3.60. The molecule has 4 fully saturated rings. The maximum Gasteiger partial charge on any atom is 0.245 e. The smallest absolute Gasteiger partial charge is 0.245 e. The first-order chi connectivity index (χ1) is 21.3. The predicted octanol–water partition coefficient (Wildman–Crippen LogP) is 1.97. The summed E-state index contributed by atoms with van der Waals surface area (Å²) in [6.07, 6.45) is 0.983. The van der Waals surface area contributed by atoms with Crippen LogP contribution in [-0.4, -0.2) is 102 Å². The lowest BCUT2D eigenvalue weighted by Crippen LogP contribution is -2.57. The van der Waals surface area contributed by atoms with Gasteiger partial charge in [0.2, 0.25) is 17.7 Å². The lowest BCUT2D eigenvalue weighted by atomic mass is 9.66. The number of nitrogens with zero attached hydrogens (tertiary/aromatic N) is 2. The number of aliphatic hydroxyl groups is 1. The molecule has 6 atom stereocenters. The van der Waals surface area contributed by atoms with Gasteiger partial charge in [0.1, 0.15) is 17.4 Å². The molecule has 4 aliphatic rings. The molecular formula is C33H42N4O7. The van der Waals surface area contributed by atoms with E-state index in [9.17, 15) is 19.5 Å². The number of likely N-dealkylation sites (tertiary alicyclic amines) is 1. The van der Waals surface area contributed by atoms with Crippen molar-refractivity contribution in [1.29, 1.82) is 0 Å². The molecule has 44 heavy (non-hydrogen) atoms. The molecule has 0 radical (unpaired) electrons. The Balaban J connectivity index is 1.30. The number of carbonyl (C=O) groups is 3. The molecule has 0 saturated carbocycles. The zero-order valence-electron chi connectivity index (χ0n) is 25.4. The Morgan fingerprint density at radius 1 is 1.07 bits per heavy atom. The SMILES string of the molecule is CCOc1ccc(NC(=O)[C@H]2[C@H]3C(=O)N([C@H](CO)c4ccccc4)C(C(=O)NCCN4CCOCC4)C34CC[C@]2(C)O4)cc1. The van der Waals surface area contributed by atoms with Crippen LogP contribution in [-0.2, 0) is 23.9 Å². The van der Waals surface area contributed by atoms with Crippen molar-refractivity contribution in [1.82, 2.24) is 15.1 Å². The fourth-order valence-corrected chi connectivity index (χ4v) is 7.71. The zero-order valence-corrected chi connectivity index (χ0v) is 25.4. The second kappa shape index (κ2) is 12.5. The number of anilines is 1. The van der Waals surface area contributed by atoms with Crippen LogP contribution in [0.15, 0.2) is 54.6 Å². The Morgan fingerprint density at radius 2 is 1.80 bits per heavy atom. The van der Waals surface area contributed by atoms with Gasteiger partial charge in [-0.05, 0) is 56.5 Å². The topological polar surface area (TPSA) is 130 Å². The fourth-order valence-electron chi connectivity index (χ4n) is 7.71. The first-order valence-electron chi connectivity index (χ1n) is 15.6. The van der Waals surface area contributed by atoms with Gasteiger partial charge >= 0.3 is 0 Å². The van der Waals surface area contributed by atoms with Crippen molar-refractivity contribution in [3.05, 3.63) is 60.2 Å². The van der Waals surface area contributed by atoms with Crippen LogP contribution in [0.4, 0.5) is 5.69 Å². The van der Waals surface area contributed by atoms with E-state index in [1.54, 1.807) is 24.3 Å². The molecule has 2 aromatic rings. The largest absolute Gasteiger partial charge is 0.494 e. The van der Waals surface area contributed by atoms with Crippen LogP contribution in [0.5, 0.6) is 5.75 Å². The lowest BCUT2D eigenvalue weighted by molar-refractivity contribution is -0.149. The average molecular weight is 607 g/mol. The summed E-state index contributed by atoms with van der Waals surface area (Å²) in [6, 6.07) is 14.5. The predicted molar refractivity (Wildman–Crippen MR) is 162 cm³/mol. The van der Waals surface area contributed by atoms with Crippen molar-refractivity contribution in [2.24, 2.45) is 11.8 Å². The number of benzene rings is 2. The molecule has 4 aliphatic heterocycles. The number of rotatable bonds is 11. The third-order valence-electron chi connectivity index (χ3n) is 9.70. The van der Waals surface area contributed by atoms with Gasteiger partial charge in [-0.2, -0.15) is 0 Å². The van der Waals surface area contributed by atoms with Crippen LogP contribution in [0.3, 0.4) is 0 Å². The van der Waals surface area contributed by atoms with E-state index in [2.05, 4.69) is 15.5 Å². The highest BCUT2D eigenvalue weighted by Crippen LogP contribution is 2.64. The second-order valence-corrected chi connectivity index (χ2v) is 12.3.